The Morgan fingerprint density at radius 3 is 2.90 bits per heavy atom. The van der Waals surface area contributed by atoms with Gasteiger partial charge in [0.2, 0.25) is 5.91 Å². The Hall–Kier alpha value is -1.39. The molecule has 2 aromatic rings. The van der Waals surface area contributed by atoms with Crippen LogP contribution in [0.3, 0.4) is 0 Å². The van der Waals surface area contributed by atoms with Gasteiger partial charge in [0.15, 0.2) is 0 Å². The van der Waals surface area contributed by atoms with Gasteiger partial charge in [-0.05, 0) is 60.4 Å². The van der Waals surface area contributed by atoms with Crippen LogP contribution in [0.4, 0.5) is 0 Å². The zero-order valence-electron chi connectivity index (χ0n) is 11.6. The van der Waals surface area contributed by atoms with Crippen molar-refractivity contribution < 1.29 is 4.79 Å². The van der Waals surface area contributed by atoms with E-state index in [1.807, 2.05) is 11.0 Å². The van der Waals surface area contributed by atoms with Gasteiger partial charge in [-0.25, -0.2) is 0 Å². The van der Waals surface area contributed by atoms with Crippen molar-refractivity contribution in [1.29, 1.82) is 0 Å². The summed E-state index contributed by atoms with van der Waals surface area (Å²) in [5, 5.41) is 4.18. The van der Waals surface area contributed by atoms with Gasteiger partial charge in [-0.2, -0.15) is 0 Å². The molecule has 0 aromatic carbocycles. The summed E-state index contributed by atoms with van der Waals surface area (Å²) in [7, 11) is 0. The average Bonchev–Trinajstić information content (AvgIpc) is 3.05. The second-order valence-corrected chi connectivity index (χ2v) is 7.01. The molecular weight excluding hydrogens is 286 g/mol. The van der Waals surface area contributed by atoms with E-state index >= 15 is 0 Å². The van der Waals surface area contributed by atoms with Crippen molar-refractivity contribution in [3.63, 3.8) is 0 Å². The molecule has 2 nitrogen and oxygen atoms in total. The molecule has 1 aliphatic heterocycles. The first-order valence-electron chi connectivity index (χ1n) is 6.76. The third-order valence-corrected chi connectivity index (χ3v) is 5.82. The summed E-state index contributed by atoms with van der Waals surface area (Å²) in [6.07, 6.45) is 4.64. The molecule has 0 unspecified atom stereocenters. The highest BCUT2D eigenvalue weighted by atomic mass is 32.1. The van der Waals surface area contributed by atoms with Gasteiger partial charge in [0, 0.05) is 22.4 Å². The zero-order valence-corrected chi connectivity index (χ0v) is 13.3. The van der Waals surface area contributed by atoms with Crippen LogP contribution in [-0.2, 0) is 11.2 Å². The van der Waals surface area contributed by atoms with E-state index in [9.17, 15) is 4.79 Å². The van der Waals surface area contributed by atoms with E-state index in [1.165, 1.54) is 20.9 Å². The highest BCUT2D eigenvalue weighted by molar-refractivity contribution is 7.11. The lowest BCUT2D eigenvalue weighted by Gasteiger charge is -2.32. The molecule has 2 aromatic heterocycles. The summed E-state index contributed by atoms with van der Waals surface area (Å²) in [5.41, 5.74) is 2.54. The number of hydrogen-bond acceptors (Lipinski definition) is 3. The van der Waals surface area contributed by atoms with Crippen LogP contribution in [0.1, 0.15) is 33.8 Å². The Bertz CT molecular complexity index is 653. The number of hydrogen-bond donors (Lipinski definition) is 0. The first-order chi connectivity index (χ1) is 9.66. The van der Waals surface area contributed by atoms with E-state index in [0.29, 0.717) is 0 Å². The summed E-state index contributed by atoms with van der Waals surface area (Å²) in [6, 6.07) is 4.42. The van der Waals surface area contributed by atoms with E-state index in [2.05, 4.69) is 36.7 Å². The predicted octanol–water partition coefficient (Wildman–Crippen LogP) is 4.28. The highest BCUT2D eigenvalue weighted by Crippen LogP contribution is 2.33. The SMILES string of the molecule is Cc1ccsc1/C=C/C(=O)N1CCc2sccc2[C@H]1C. The Morgan fingerprint density at radius 2 is 2.15 bits per heavy atom. The zero-order chi connectivity index (χ0) is 14.1. The molecule has 1 amide bonds. The van der Waals surface area contributed by atoms with Crippen LogP contribution in [0.5, 0.6) is 0 Å². The lowest BCUT2D eigenvalue weighted by atomic mass is 10.0. The second-order valence-electron chi connectivity index (χ2n) is 5.06. The van der Waals surface area contributed by atoms with Crippen molar-refractivity contribution in [2.75, 3.05) is 6.54 Å². The van der Waals surface area contributed by atoms with E-state index < -0.39 is 0 Å². The molecule has 4 heteroatoms. The fraction of sp³-hybridized carbons (Fsp3) is 0.312. The van der Waals surface area contributed by atoms with E-state index in [4.69, 9.17) is 0 Å². The molecule has 1 atom stereocenters. The number of aryl methyl sites for hydroxylation is 1. The molecule has 0 radical (unpaired) electrons. The van der Waals surface area contributed by atoms with Crippen LogP contribution in [0.25, 0.3) is 6.08 Å². The lowest BCUT2D eigenvalue weighted by Crippen LogP contribution is -2.37. The first-order valence-corrected chi connectivity index (χ1v) is 8.52. The standard InChI is InChI=1S/C16H17NOS2/c1-11-6-9-19-14(11)3-4-16(18)17-8-5-15-13(12(17)2)7-10-20-15/h3-4,6-7,9-10,12H,5,8H2,1-2H3/b4-3+/t12-/m1/s1. The quantitative estimate of drug-likeness (QED) is 0.758. The van der Waals surface area contributed by atoms with Gasteiger partial charge in [0.05, 0.1) is 6.04 Å². The lowest BCUT2D eigenvalue weighted by molar-refractivity contribution is -0.128. The summed E-state index contributed by atoms with van der Waals surface area (Å²) < 4.78 is 0. The Kier molecular flexibility index (Phi) is 3.76. The minimum absolute atomic E-state index is 0.113. The number of rotatable bonds is 2. The molecule has 0 saturated heterocycles. The number of thiophene rings is 2. The molecule has 3 rings (SSSR count). The minimum Gasteiger partial charge on any atom is -0.332 e. The minimum atomic E-state index is 0.113. The van der Waals surface area contributed by atoms with Crippen molar-refractivity contribution in [3.8, 4) is 0 Å². The van der Waals surface area contributed by atoms with Gasteiger partial charge in [0.25, 0.3) is 0 Å². The summed E-state index contributed by atoms with van der Waals surface area (Å²) in [4.78, 5) is 17.0. The van der Waals surface area contributed by atoms with Crippen LogP contribution in [-0.4, -0.2) is 17.4 Å². The molecule has 20 heavy (non-hydrogen) atoms. The molecule has 0 bridgehead atoms. The van der Waals surface area contributed by atoms with Gasteiger partial charge in [0.1, 0.15) is 0 Å². The second kappa shape index (κ2) is 5.54. The van der Waals surface area contributed by atoms with Crippen LogP contribution >= 0.6 is 22.7 Å². The molecule has 0 aliphatic carbocycles. The average molecular weight is 303 g/mol. The third-order valence-electron chi connectivity index (χ3n) is 3.84. The van der Waals surface area contributed by atoms with Crippen LogP contribution in [0.2, 0.25) is 0 Å². The molecule has 104 valence electrons. The largest absolute Gasteiger partial charge is 0.332 e. The van der Waals surface area contributed by atoms with Crippen LogP contribution in [0.15, 0.2) is 29.0 Å². The van der Waals surface area contributed by atoms with Crippen molar-refractivity contribution >= 4 is 34.7 Å². The maximum Gasteiger partial charge on any atom is 0.247 e. The summed E-state index contributed by atoms with van der Waals surface area (Å²) in [6.45, 7) is 5.01. The van der Waals surface area contributed by atoms with Gasteiger partial charge >= 0.3 is 0 Å². The van der Waals surface area contributed by atoms with Gasteiger partial charge < -0.3 is 4.90 Å². The molecule has 1 aliphatic rings. The van der Waals surface area contributed by atoms with Crippen LogP contribution in [0, 0.1) is 6.92 Å². The number of fused-ring (bicyclic) bond motifs is 1. The maximum atomic E-state index is 12.4. The van der Waals surface area contributed by atoms with Gasteiger partial charge in [-0.3, -0.25) is 4.79 Å². The van der Waals surface area contributed by atoms with E-state index in [1.54, 1.807) is 28.7 Å². The maximum absolute atomic E-state index is 12.4. The van der Waals surface area contributed by atoms with E-state index in [0.717, 1.165) is 13.0 Å². The molecule has 0 saturated carbocycles. The van der Waals surface area contributed by atoms with Crippen molar-refractivity contribution in [1.82, 2.24) is 4.90 Å². The van der Waals surface area contributed by atoms with Crippen molar-refractivity contribution in [3.05, 3.63) is 49.9 Å². The number of nitrogens with zero attached hydrogens (tertiary/aromatic N) is 1. The van der Waals surface area contributed by atoms with Crippen molar-refractivity contribution in [2.45, 2.75) is 26.3 Å². The molecule has 3 heterocycles. The normalized spacial score (nSPS) is 18.5. The van der Waals surface area contributed by atoms with Gasteiger partial charge in [-0.15, -0.1) is 22.7 Å². The molecule has 0 spiro atoms. The van der Waals surface area contributed by atoms with Crippen LogP contribution < -0.4 is 0 Å². The Labute approximate surface area is 127 Å². The number of amides is 1. The first kappa shape index (κ1) is 13.6. The number of carbonyl (C=O) groups is 1. The molecular formula is C16H17NOS2. The Morgan fingerprint density at radius 1 is 1.35 bits per heavy atom. The monoisotopic (exact) mass is 303 g/mol. The highest BCUT2D eigenvalue weighted by Gasteiger charge is 2.26. The summed E-state index contributed by atoms with van der Waals surface area (Å²) in [5.74, 6) is 0.113. The van der Waals surface area contributed by atoms with E-state index in [-0.39, 0.29) is 11.9 Å². The van der Waals surface area contributed by atoms with Crippen molar-refractivity contribution in [2.24, 2.45) is 0 Å². The smallest absolute Gasteiger partial charge is 0.247 e. The summed E-state index contributed by atoms with van der Waals surface area (Å²) >= 11 is 3.47. The molecule has 0 N–H and O–H groups in total. The van der Waals surface area contributed by atoms with Gasteiger partial charge in [-0.1, -0.05) is 0 Å². The third kappa shape index (κ3) is 2.45. The predicted molar refractivity (Wildman–Crippen MR) is 86.2 cm³/mol. The fourth-order valence-electron chi connectivity index (χ4n) is 2.61. The topological polar surface area (TPSA) is 20.3 Å². The Balaban J connectivity index is 1.76. The number of carbonyl (C=O) groups excluding carboxylic acids is 1. The molecule has 0 fully saturated rings. The fourth-order valence-corrected chi connectivity index (χ4v) is 4.39.